The first-order valence-corrected chi connectivity index (χ1v) is 12.8. The van der Waals surface area contributed by atoms with E-state index >= 15 is 0 Å². The molecular formula is C32H24O11. The van der Waals surface area contributed by atoms with Crippen LogP contribution in [0.25, 0.3) is 39.5 Å². The van der Waals surface area contributed by atoms with Crippen LogP contribution < -0.4 is 5.43 Å². The average Bonchev–Trinajstić information content (AvgIpc) is 2.97. The van der Waals surface area contributed by atoms with E-state index in [1.165, 1.54) is 12.1 Å². The average molecular weight is 585 g/mol. The van der Waals surface area contributed by atoms with Gasteiger partial charge in [0.1, 0.15) is 22.5 Å². The summed E-state index contributed by atoms with van der Waals surface area (Å²) in [5, 5.41) is 71.9. The minimum absolute atomic E-state index is 0.0152. The Labute approximate surface area is 242 Å². The second kappa shape index (κ2) is 11.4. The van der Waals surface area contributed by atoms with Gasteiger partial charge in [-0.1, -0.05) is 30.3 Å². The van der Waals surface area contributed by atoms with Gasteiger partial charge >= 0.3 is 5.97 Å². The van der Waals surface area contributed by atoms with Gasteiger partial charge in [-0.25, -0.2) is 4.79 Å². The van der Waals surface area contributed by atoms with Crippen molar-refractivity contribution in [2.45, 2.75) is 6.42 Å². The second-order valence-electron chi connectivity index (χ2n) is 9.47. The van der Waals surface area contributed by atoms with Crippen LogP contribution in [0.1, 0.15) is 11.1 Å². The highest BCUT2D eigenvalue weighted by Crippen LogP contribution is 2.47. The predicted molar refractivity (Wildman–Crippen MR) is 155 cm³/mol. The van der Waals surface area contributed by atoms with Crippen LogP contribution in [-0.4, -0.2) is 48.3 Å². The van der Waals surface area contributed by atoms with E-state index in [4.69, 9.17) is 9.15 Å². The molecule has 0 aliphatic heterocycles. The second-order valence-corrected chi connectivity index (χ2v) is 9.47. The molecule has 0 saturated heterocycles. The predicted octanol–water partition coefficient (Wildman–Crippen LogP) is 4.87. The van der Waals surface area contributed by atoms with Crippen LogP contribution in [0.15, 0.2) is 82.0 Å². The van der Waals surface area contributed by atoms with Crippen molar-refractivity contribution in [3.63, 3.8) is 0 Å². The number of carbonyl (C=O) groups is 1. The molecule has 218 valence electrons. The molecule has 0 saturated carbocycles. The van der Waals surface area contributed by atoms with Gasteiger partial charge in [-0.05, 0) is 47.5 Å². The highest BCUT2D eigenvalue weighted by atomic mass is 16.5. The molecule has 0 unspecified atom stereocenters. The molecule has 7 N–H and O–H groups in total. The monoisotopic (exact) mass is 584 g/mol. The highest BCUT2D eigenvalue weighted by molar-refractivity contribution is 5.99. The molecule has 1 aromatic heterocycles. The summed E-state index contributed by atoms with van der Waals surface area (Å²) in [6.45, 7) is 0.0954. The van der Waals surface area contributed by atoms with E-state index in [1.54, 1.807) is 0 Å². The van der Waals surface area contributed by atoms with Crippen LogP contribution >= 0.6 is 0 Å². The molecule has 0 aliphatic carbocycles. The van der Waals surface area contributed by atoms with E-state index in [1.807, 2.05) is 30.3 Å². The Balaban J connectivity index is 1.54. The van der Waals surface area contributed by atoms with Gasteiger partial charge in [-0.3, -0.25) is 4.79 Å². The maximum atomic E-state index is 13.2. The molecule has 11 heteroatoms. The lowest BCUT2D eigenvalue weighted by molar-refractivity contribution is -0.137. The van der Waals surface area contributed by atoms with E-state index in [0.717, 1.165) is 42.0 Å². The Morgan fingerprint density at radius 1 is 0.767 bits per heavy atom. The van der Waals surface area contributed by atoms with Crippen LogP contribution in [-0.2, 0) is 16.0 Å². The minimum atomic E-state index is -1.09. The summed E-state index contributed by atoms with van der Waals surface area (Å²) in [5.41, 5.74) is -0.869. The number of rotatable bonds is 7. The van der Waals surface area contributed by atoms with Crippen molar-refractivity contribution in [1.29, 1.82) is 0 Å². The zero-order valence-corrected chi connectivity index (χ0v) is 22.2. The van der Waals surface area contributed by atoms with E-state index in [0.29, 0.717) is 6.42 Å². The van der Waals surface area contributed by atoms with Crippen LogP contribution in [0.3, 0.4) is 0 Å². The third-order valence-corrected chi connectivity index (χ3v) is 6.64. The fourth-order valence-corrected chi connectivity index (χ4v) is 4.50. The van der Waals surface area contributed by atoms with E-state index in [2.05, 4.69) is 0 Å². The first kappa shape index (κ1) is 28.4. The smallest absolute Gasteiger partial charge is 0.330 e. The van der Waals surface area contributed by atoms with Gasteiger partial charge in [0.05, 0.1) is 12.2 Å². The van der Waals surface area contributed by atoms with Crippen LogP contribution in [0, 0.1) is 0 Å². The maximum absolute atomic E-state index is 13.2. The molecule has 0 radical (unpaired) electrons. The number of phenolic OH excluding ortho intramolecular Hbond substituents is 6. The molecule has 5 aromatic rings. The van der Waals surface area contributed by atoms with Gasteiger partial charge in [0, 0.05) is 29.7 Å². The van der Waals surface area contributed by atoms with Crippen LogP contribution in [0.2, 0.25) is 0 Å². The van der Waals surface area contributed by atoms with E-state index in [-0.39, 0.29) is 34.4 Å². The number of carbonyl (C=O) groups excluding carboxylic acids is 1. The molecule has 0 fully saturated rings. The zero-order valence-electron chi connectivity index (χ0n) is 22.2. The van der Waals surface area contributed by atoms with Crippen molar-refractivity contribution in [3.8, 4) is 62.7 Å². The number of fused-ring (bicyclic) bond motifs is 1. The Morgan fingerprint density at radius 2 is 1.47 bits per heavy atom. The van der Waals surface area contributed by atoms with E-state index in [9.17, 15) is 45.3 Å². The molecule has 0 amide bonds. The Bertz CT molecular complexity index is 1960. The normalized spacial score (nSPS) is 11.3. The lowest BCUT2D eigenvalue weighted by atomic mass is 9.94. The molecule has 0 spiro atoms. The number of ether oxygens (including phenoxy) is 1. The van der Waals surface area contributed by atoms with Crippen molar-refractivity contribution < 1.29 is 49.7 Å². The summed E-state index contributed by atoms with van der Waals surface area (Å²) in [4.78, 5) is 25.5. The van der Waals surface area contributed by atoms with Crippen molar-refractivity contribution in [3.05, 3.63) is 94.2 Å². The fraction of sp³-hybridized carbons (Fsp3) is 0.0625. The summed E-state index contributed by atoms with van der Waals surface area (Å²) in [6, 6.07) is 15.8. The lowest BCUT2D eigenvalue weighted by Crippen LogP contribution is -2.05. The number of hydrogen-bond acceptors (Lipinski definition) is 11. The maximum Gasteiger partial charge on any atom is 0.330 e. The van der Waals surface area contributed by atoms with Crippen molar-refractivity contribution in [2.24, 2.45) is 0 Å². The molecule has 0 atom stereocenters. The number of benzene rings is 4. The quantitative estimate of drug-likeness (QED) is 0.0783. The number of hydrogen-bond donors (Lipinski definition) is 7. The van der Waals surface area contributed by atoms with Crippen molar-refractivity contribution in [2.75, 3.05) is 6.61 Å². The SMILES string of the molecule is O=C(/C=C/c1cc(O)c(O)cc1-c1c(O)cc2oc(-c3ccc(O)c(O)c3)c(O)c(=O)c2c1O)OCCc1ccccc1. The summed E-state index contributed by atoms with van der Waals surface area (Å²) in [7, 11) is 0. The molecule has 0 bridgehead atoms. The molecule has 11 nitrogen and oxygen atoms in total. The topological polar surface area (TPSA) is 198 Å². The molecule has 43 heavy (non-hydrogen) atoms. The third kappa shape index (κ3) is 5.59. The Morgan fingerprint density at radius 3 is 2.19 bits per heavy atom. The highest BCUT2D eigenvalue weighted by Gasteiger charge is 2.25. The number of esters is 1. The largest absolute Gasteiger partial charge is 0.507 e. The first-order valence-electron chi connectivity index (χ1n) is 12.8. The number of aromatic hydroxyl groups is 7. The van der Waals surface area contributed by atoms with Gasteiger partial charge in [0.25, 0.3) is 0 Å². The minimum Gasteiger partial charge on any atom is -0.507 e. The van der Waals surface area contributed by atoms with Gasteiger partial charge in [-0.2, -0.15) is 0 Å². The first-order chi connectivity index (χ1) is 20.5. The molecular weight excluding hydrogens is 560 g/mol. The molecule has 0 aliphatic rings. The molecule has 4 aromatic carbocycles. The van der Waals surface area contributed by atoms with Gasteiger partial charge in [0.2, 0.25) is 11.2 Å². The zero-order chi connectivity index (χ0) is 30.8. The summed E-state index contributed by atoms with van der Waals surface area (Å²) >= 11 is 0. The van der Waals surface area contributed by atoms with Gasteiger partial charge in [0.15, 0.2) is 28.8 Å². The summed E-state index contributed by atoms with van der Waals surface area (Å²) in [6.07, 6.45) is 2.76. The lowest BCUT2D eigenvalue weighted by Gasteiger charge is -2.15. The van der Waals surface area contributed by atoms with E-state index < -0.39 is 62.8 Å². The Hall–Kier alpha value is -6.10. The molecule has 5 rings (SSSR count). The van der Waals surface area contributed by atoms with Gasteiger partial charge < -0.3 is 44.9 Å². The fourth-order valence-electron chi connectivity index (χ4n) is 4.50. The van der Waals surface area contributed by atoms with Crippen LogP contribution in [0.4, 0.5) is 0 Å². The van der Waals surface area contributed by atoms with Gasteiger partial charge in [-0.15, -0.1) is 0 Å². The standard InChI is InChI=1S/C32H24O11/c33-20-8-6-18(13-21(20)34)32-31(41)30(40)28-25(43-32)15-24(37)27(29(28)39)19-14-23(36)22(35)12-17(19)7-9-26(38)42-11-10-16-4-2-1-3-5-16/h1-9,12-15,33-37,39,41H,10-11H2/b9-7+. The molecule has 1 heterocycles. The van der Waals surface area contributed by atoms with Crippen molar-refractivity contribution in [1.82, 2.24) is 0 Å². The van der Waals surface area contributed by atoms with Crippen molar-refractivity contribution >= 4 is 23.0 Å². The third-order valence-electron chi connectivity index (χ3n) is 6.64. The Kier molecular flexibility index (Phi) is 7.55. The summed E-state index contributed by atoms with van der Waals surface area (Å²) in [5.74, 6) is -5.71. The number of phenols is 6. The van der Waals surface area contributed by atoms with Crippen LogP contribution in [0.5, 0.6) is 40.2 Å². The summed E-state index contributed by atoms with van der Waals surface area (Å²) < 4.78 is 10.8.